The number of rotatable bonds is 3. The van der Waals surface area contributed by atoms with E-state index in [0.29, 0.717) is 0 Å². The molecule has 1 N–H and O–H groups in total. The number of methoxy groups -OCH3 is 2. The van der Waals surface area contributed by atoms with Crippen molar-refractivity contribution in [2.45, 2.75) is 13.2 Å². The van der Waals surface area contributed by atoms with Crippen molar-refractivity contribution >= 4 is 11.9 Å². The highest BCUT2D eigenvalue weighted by atomic mass is 16.6. The van der Waals surface area contributed by atoms with Crippen LogP contribution in [0.25, 0.3) is 0 Å². The highest BCUT2D eigenvalue weighted by molar-refractivity contribution is 5.83. The molecule has 0 rings (SSSR count). The van der Waals surface area contributed by atoms with Crippen molar-refractivity contribution in [1.82, 2.24) is 5.32 Å². The number of hydrogen-bond acceptors (Lipinski definition) is 4. The van der Waals surface area contributed by atoms with E-state index in [-0.39, 0.29) is 5.78 Å². The molecule has 1 unspecified atom stereocenters. The van der Waals surface area contributed by atoms with Crippen molar-refractivity contribution < 1.29 is 19.1 Å². The summed E-state index contributed by atoms with van der Waals surface area (Å²) in [6, 6.07) is 0. The van der Waals surface area contributed by atoms with Crippen LogP contribution in [0.15, 0.2) is 0 Å². The van der Waals surface area contributed by atoms with Crippen LogP contribution in [0.5, 0.6) is 0 Å². The quantitative estimate of drug-likeness (QED) is 0.587. The zero-order valence-corrected chi connectivity index (χ0v) is 6.71. The zero-order chi connectivity index (χ0) is 8.85. The van der Waals surface area contributed by atoms with E-state index in [0.717, 1.165) is 0 Å². The number of ketones is 1. The second kappa shape index (κ2) is 4.68. The fourth-order valence-corrected chi connectivity index (χ4v) is 0.492. The molecule has 64 valence electrons. The fraction of sp³-hybridized carbons (Fsp3) is 0.667. The summed E-state index contributed by atoms with van der Waals surface area (Å²) in [5.41, 5.74) is 0. The second-order valence-electron chi connectivity index (χ2n) is 1.86. The lowest BCUT2D eigenvalue weighted by Crippen LogP contribution is -2.40. The molecule has 0 spiro atoms. The average Bonchev–Trinajstić information content (AvgIpc) is 1.99. The topological polar surface area (TPSA) is 64.6 Å². The lowest BCUT2D eigenvalue weighted by atomic mass is 10.4. The minimum absolute atomic E-state index is 0.280. The first-order valence-electron chi connectivity index (χ1n) is 2.99. The van der Waals surface area contributed by atoms with E-state index in [1.54, 1.807) is 0 Å². The van der Waals surface area contributed by atoms with Crippen molar-refractivity contribution in [1.29, 1.82) is 0 Å². The molecule has 0 aromatic rings. The summed E-state index contributed by atoms with van der Waals surface area (Å²) in [7, 11) is 2.53. The molecule has 1 atom stereocenters. The first-order chi connectivity index (χ1) is 5.11. The Labute approximate surface area is 64.7 Å². The fourth-order valence-electron chi connectivity index (χ4n) is 0.492. The number of amides is 1. The number of carbonyl (C=O) groups is 2. The number of carbonyl (C=O) groups excluding carboxylic acids is 2. The van der Waals surface area contributed by atoms with Gasteiger partial charge in [-0.3, -0.25) is 10.1 Å². The van der Waals surface area contributed by atoms with Crippen molar-refractivity contribution in [2.75, 3.05) is 14.2 Å². The van der Waals surface area contributed by atoms with Crippen molar-refractivity contribution in [3.63, 3.8) is 0 Å². The monoisotopic (exact) mass is 161 g/mol. The molecule has 0 saturated carbocycles. The van der Waals surface area contributed by atoms with Gasteiger partial charge in [-0.05, 0) is 6.92 Å². The molecule has 0 aromatic heterocycles. The molecule has 0 aliphatic heterocycles. The van der Waals surface area contributed by atoms with Gasteiger partial charge in [0.1, 0.15) is 0 Å². The van der Waals surface area contributed by atoms with Gasteiger partial charge in [-0.15, -0.1) is 0 Å². The average molecular weight is 161 g/mol. The Bertz CT molecular complexity index is 157. The normalized spacial score (nSPS) is 11.9. The number of ether oxygens (including phenoxy) is 2. The number of nitrogens with one attached hydrogen (secondary N) is 1. The Morgan fingerprint density at radius 2 is 1.91 bits per heavy atom. The highest BCUT2D eigenvalue weighted by Crippen LogP contribution is 1.87. The van der Waals surface area contributed by atoms with Crippen molar-refractivity contribution in [3.05, 3.63) is 0 Å². The molecule has 0 saturated heterocycles. The van der Waals surface area contributed by atoms with Crippen LogP contribution in [0, 0.1) is 0 Å². The van der Waals surface area contributed by atoms with Gasteiger partial charge in [-0.2, -0.15) is 0 Å². The van der Waals surface area contributed by atoms with Crippen LogP contribution >= 0.6 is 0 Å². The van der Waals surface area contributed by atoms with Gasteiger partial charge in [0.25, 0.3) is 0 Å². The minimum atomic E-state index is -0.914. The van der Waals surface area contributed by atoms with E-state index in [2.05, 4.69) is 14.8 Å². The van der Waals surface area contributed by atoms with Crippen LogP contribution in [-0.4, -0.2) is 32.3 Å². The Hall–Kier alpha value is -1.10. The molecule has 0 radical (unpaired) electrons. The van der Waals surface area contributed by atoms with Crippen LogP contribution in [-0.2, 0) is 14.3 Å². The van der Waals surface area contributed by atoms with Gasteiger partial charge in [0, 0.05) is 7.11 Å². The first-order valence-corrected chi connectivity index (χ1v) is 2.99. The summed E-state index contributed by atoms with van der Waals surface area (Å²) >= 11 is 0. The van der Waals surface area contributed by atoms with Gasteiger partial charge in [-0.1, -0.05) is 0 Å². The maximum absolute atomic E-state index is 10.6. The predicted molar refractivity (Wildman–Crippen MR) is 37.0 cm³/mol. The molecule has 0 fully saturated rings. The number of alkyl carbamates (subject to hydrolysis) is 1. The second-order valence-corrected chi connectivity index (χ2v) is 1.86. The van der Waals surface area contributed by atoms with Gasteiger partial charge >= 0.3 is 6.09 Å². The molecule has 5 heteroatoms. The summed E-state index contributed by atoms with van der Waals surface area (Å²) in [5.74, 6) is -0.280. The van der Waals surface area contributed by atoms with Crippen molar-refractivity contribution in [3.8, 4) is 0 Å². The molecular formula is C6H11NO4. The van der Waals surface area contributed by atoms with Crippen LogP contribution < -0.4 is 5.32 Å². The Morgan fingerprint density at radius 1 is 1.36 bits per heavy atom. The lowest BCUT2D eigenvalue weighted by molar-refractivity contribution is -0.128. The van der Waals surface area contributed by atoms with Gasteiger partial charge in [0.2, 0.25) is 0 Å². The van der Waals surface area contributed by atoms with Crippen LogP contribution in [0.2, 0.25) is 0 Å². The molecule has 0 aromatic carbocycles. The largest absolute Gasteiger partial charge is 0.453 e. The summed E-state index contributed by atoms with van der Waals surface area (Å²) < 4.78 is 8.87. The van der Waals surface area contributed by atoms with Gasteiger partial charge in [-0.25, -0.2) is 4.79 Å². The van der Waals surface area contributed by atoms with E-state index in [4.69, 9.17) is 0 Å². The molecular weight excluding hydrogens is 150 g/mol. The third-order valence-electron chi connectivity index (χ3n) is 1.04. The summed E-state index contributed by atoms with van der Waals surface area (Å²) in [6.45, 7) is 1.31. The molecule has 0 aliphatic rings. The van der Waals surface area contributed by atoms with Crippen LogP contribution in [0.3, 0.4) is 0 Å². The van der Waals surface area contributed by atoms with Gasteiger partial charge < -0.3 is 9.47 Å². The van der Waals surface area contributed by atoms with Gasteiger partial charge in [0.15, 0.2) is 12.0 Å². The van der Waals surface area contributed by atoms with Crippen LogP contribution in [0.4, 0.5) is 4.79 Å². The Balaban J connectivity index is 3.88. The number of hydrogen-bond donors (Lipinski definition) is 1. The van der Waals surface area contributed by atoms with Gasteiger partial charge in [0.05, 0.1) is 7.11 Å². The third-order valence-corrected chi connectivity index (χ3v) is 1.04. The van der Waals surface area contributed by atoms with E-state index in [9.17, 15) is 9.59 Å². The predicted octanol–water partition coefficient (Wildman–Crippen LogP) is -0.0961. The smallest absolute Gasteiger partial charge is 0.409 e. The summed E-state index contributed by atoms with van der Waals surface area (Å²) in [6.07, 6.45) is -1.60. The molecule has 0 aliphatic carbocycles. The molecule has 0 bridgehead atoms. The van der Waals surface area contributed by atoms with Crippen LogP contribution in [0.1, 0.15) is 6.92 Å². The highest BCUT2D eigenvalue weighted by Gasteiger charge is 2.15. The Kier molecular flexibility index (Phi) is 4.21. The van der Waals surface area contributed by atoms with E-state index < -0.39 is 12.3 Å². The Morgan fingerprint density at radius 3 is 2.18 bits per heavy atom. The maximum Gasteiger partial charge on any atom is 0.409 e. The standard InChI is InChI=1S/C6H11NO4/c1-4(8)5(10-2)7-6(9)11-3/h5H,1-3H3,(H,7,9). The summed E-state index contributed by atoms with van der Waals surface area (Å²) in [5, 5.41) is 2.18. The van der Waals surface area contributed by atoms with Crippen molar-refractivity contribution in [2.24, 2.45) is 0 Å². The summed E-state index contributed by atoms with van der Waals surface area (Å²) in [4.78, 5) is 21.2. The molecule has 1 amide bonds. The molecule has 0 heterocycles. The first kappa shape index (κ1) is 9.90. The maximum atomic E-state index is 10.6. The lowest BCUT2D eigenvalue weighted by Gasteiger charge is -2.11. The molecule has 5 nitrogen and oxygen atoms in total. The van der Waals surface area contributed by atoms with E-state index in [1.807, 2.05) is 0 Å². The van der Waals surface area contributed by atoms with E-state index in [1.165, 1.54) is 21.1 Å². The van der Waals surface area contributed by atoms with E-state index >= 15 is 0 Å². The third kappa shape index (κ3) is 3.57. The number of Topliss-reactive ketones (excluding diaryl/α,β-unsaturated/α-hetero) is 1. The minimum Gasteiger partial charge on any atom is -0.453 e. The SMILES string of the molecule is COC(=O)NC(OC)C(C)=O. The zero-order valence-electron chi connectivity index (χ0n) is 6.71. The molecule has 11 heavy (non-hydrogen) atoms.